The van der Waals surface area contributed by atoms with Gasteiger partial charge in [0.25, 0.3) is 0 Å². The summed E-state index contributed by atoms with van der Waals surface area (Å²) in [7, 11) is 1.60. The van der Waals surface area contributed by atoms with E-state index >= 15 is 0 Å². The predicted octanol–water partition coefficient (Wildman–Crippen LogP) is 4.08. The fourth-order valence-corrected chi connectivity index (χ4v) is 2.85. The molecule has 0 aliphatic heterocycles. The molecule has 94 valence electrons. The van der Waals surface area contributed by atoms with Crippen molar-refractivity contribution in [2.45, 2.75) is 44.9 Å². The van der Waals surface area contributed by atoms with Gasteiger partial charge in [-0.15, -0.1) is 0 Å². The molecule has 0 amide bonds. The smallest absolute Gasteiger partial charge is 0.160 e. The lowest BCUT2D eigenvalue weighted by molar-refractivity contribution is 0.317. The quantitative estimate of drug-likeness (QED) is 0.853. The Kier molecular flexibility index (Phi) is 3.93. The van der Waals surface area contributed by atoms with Gasteiger partial charge >= 0.3 is 0 Å². The summed E-state index contributed by atoms with van der Waals surface area (Å²) >= 11 is 0. The minimum Gasteiger partial charge on any atom is -0.504 e. The average molecular weight is 234 g/mol. The molecular formula is C15H22O2. The first-order chi connectivity index (χ1) is 8.24. The van der Waals surface area contributed by atoms with Crippen molar-refractivity contribution >= 4 is 0 Å². The second-order valence-corrected chi connectivity index (χ2v) is 5.06. The molecule has 0 aromatic heterocycles. The molecule has 1 fully saturated rings. The Morgan fingerprint density at radius 3 is 2.53 bits per heavy atom. The SMILES string of the molecule is CCC1CCC(c2ccc(O)c(OC)c2)CC1. The lowest BCUT2D eigenvalue weighted by atomic mass is 9.78. The van der Waals surface area contributed by atoms with Gasteiger partial charge in [-0.3, -0.25) is 0 Å². The number of phenolic OH excluding ortho intramolecular Hbond substituents is 1. The van der Waals surface area contributed by atoms with Crippen molar-refractivity contribution in [2.24, 2.45) is 5.92 Å². The molecule has 0 heterocycles. The Morgan fingerprint density at radius 1 is 1.24 bits per heavy atom. The molecule has 1 aliphatic carbocycles. The minimum atomic E-state index is 0.235. The predicted molar refractivity (Wildman–Crippen MR) is 69.6 cm³/mol. The molecule has 1 saturated carbocycles. The Morgan fingerprint density at radius 2 is 1.94 bits per heavy atom. The molecule has 1 aromatic rings. The number of ether oxygens (including phenoxy) is 1. The molecular weight excluding hydrogens is 212 g/mol. The summed E-state index contributed by atoms with van der Waals surface area (Å²) in [5.74, 6) is 2.40. The van der Waals surface area contributed by atoms with Crippen LogP contribution in [0.15, 0.2) is 18.2 Å². The van der Waals surface area contributed by atoms with Crippen LogP contribution in [0.4, 0.5) is 0 Å². The highest BCUT2D eigenvalue weighted by molar-refractivity contribution is 5.42. The maximum absolute atomic E-state index is 9.59. The maximum atomic E-state index is 9.59. The summed E-state index contributed by atoms with van der Waals surface area (Å²) in [6.07, 6.45) is 6.53. The summed E-state index contributed by atoms with van der Waals surface area (Å²) in [5.41, 5.74) is 1.31. The molecule has 0 atom stereocenters. The Bertz CT molecular complexity index is 365. The monoisotopic (exact) mass is 234 g/mol. The van der Waals surface area contributed by atoms with Crippen LogP contribution in [0.5, 0.6) is 11.5 Å². The van der Waals surface area contributed by atoms with Crippen LogP contribution in [0, 0.1) is 5.92 Å². The molecule has 2 heteroatoms. The summed E-state index contributed by atoms with van der Waals surface area (Å²) in [6.45, 7) is 2.29. The lowest BCUT2D eigenvalue weighted by Gasteiger charge is -2.28. The summed E-state index contributed by atoms with van der Waals surface area (Å²) in [4.78, 5) is 0. The molecule has 0 radical (unpaired) electrons. The maximum Gasteiger partial charge on any atom is 0.160 e. The molecule has 17 heavy (non-hydrogen) atoms. The van der Waals surface area contributed by atoms with Crippen molar-refractivity contribution in [1.29, 1.82) is 0 Å². The van der Waals surface area contributed by atoms with Crippen LogP contribution >= 0.6 is 0 Å². The highest BCUT2D eigenvalue weighted by atomic mass is 16.5. The van der Waals surface area contributed by atoms with E-state index < -0.39 is 0 Å². The van der Waals surface area contributed by atoms with E-state index in [2.05, 4.69) is 6.92 Å². The van der Waals surface area contributed by atoms with Crippen molar-refractivity contribution in [2.75, 3.05) is 7.11 Å². The van der Waals surface area contributed by atoms with Crippen LogP contribution in [0.1, 0.15) is 50.5 Å². The van der Waals surface area contributed by atoms with Crippen LogP contribution in [-0.2, 0) is 0 Å². The van der Waals surface area contributed by atoms with Crippen molar-refractivity contribution in [1.82, 2.24) is 0 Å². The van der Waals surface area contributed by atoms with Crippen LogP contribution < -0.4 is 4.74 Å². The summed E-state index contributed by atoms with van der Waals surface area (Å²) in [6, 6.07) is 5.78. The van der Waals surface area contributed by atoms with Crippen molar-refractivity contribution in [3.05, 3.63) is 23.8 Å². The molecule has 1 N–H and O–H groups in total. The van der Waals surface area contributed by atoms with E-state index in [1.54, 1.807) is 13.2 Å². The van der Waals surface area contributed by atoms with Crippen LogP contribution in [0.2, 0.25) is 0 Å². The normalized spacial score (nSPS) is 24.6. The number of hydrogen-bond acceptors (Lipinski definition) is 2. The first kappa shape index (κ1) is 12.3. The van der Waals surface area contributed by atoms with Crippen molar-refractivity contribution in [3.63, 3.8) is 0 Å². The van der Waals surface area contributed by atoms with Crippen LogP contribution in [0.3, 0.4) is 0 Å². The molecule has 0 bridgehead atoms. The number of methoxy groups -OCH3 is 1. The topological polar surface area (TPSA) is 29.5 Å². The largest absolute Gasteiger partial charge is 0.504 e. The van der Waals surface area contributed by atoms with Gasteiger partial charge in [-0.25, -0.2) is 0 Å². The van der Waals surface area contributed by atoms with Gasteiger partial charge in [0.1, 0.15) is 0 Å². The van der Waals surface area contributed by atoms with E-state index in [9.17, 15) is 5.11 Å². The first-order valence-electron chi connectivity index (χ1n) is 6.61. The molecule has 1 aliphatic rings. The highest BCUT2D eigenvalue weighted by Gasteiger charge is 2.21. The Hall–Kier alpha value is -1.18. The Labute approximate surface area is 104 Å². The fraction of sp³-hybridized carbons (Fsp3) is 0.600. The molecule has 1 aromatic carbocycles. The highest BCUT2D eigenvalue weighted by Crippen LogP contribution is 2.39. The summed E-state index contributed by atoms with van der Waals surface area (Å²) in [5, 5.41) is 9.59. The molecule has 2 nitrogen and oxygen atoms in total. The van der Waals surface area contributed by atoms with E-state index in [0.717, 1.165) is 5.92 Å². The number of benzene rings is 1. The van der Waals surface area contributed by atoms with E-state index in [-0.39, 0.29) is 5.75 Å². The molecule has 0 spiro atoms. The number of aromatic hydroxyl groups is 1. The van der Waals surface area contributed by atoms with E-state index in [1.165, 1.54) is 37.7 Å². The van der Waals surface area contributed by atoms with Gasteiger partial charge < -0.3 is 9.84 Å². The van der Waals surface area contributed by atoms with Gasteiger partial charge in [0.05, 0.1) is 7.11 Å². The van der Waals surface area contributed by atoms with Crippen LogP contribution in [0.25, 0.3) is 0 Å². The zero-order chi connectivity index (χ0) is 12.3. The minimum absolute atomic E-state index is 0.235. The zero-order valence-electron chi connectivity index (χ0n) is 10.8. The van der Waals surface area contributed by atoms with Gasteiger partial charge in [0.2, 0.25) is 0 Å². The molecule has 0 unspecified atom stereocenters. The van der Waals surface area contributed by atoms with Crippen molar-refractivity contribution in [3.8, 4) is 11.5 Å². The average Bonchev–Trinajstić information content (AvgIpc) is 2.39. The summed E-state index contributed by atoms with van der Waals surface area (Å²) < 4.78 is 5.17. The third-order valence-electron chi connectivity index (χ3n) is 4.10. The zero-order valence-corrected chi connectivity index (χ0v) is 10.8. The van der Waals surface area contributed by atoms with E-state index in [4.69, 9.17) is 4.74 Å². The van der Waals surface area contributed by atoms with Gasteiger partial charge in [-0.05, 0) is 55.2 Å². The second-order valence-electron chi connectivity index (χ2n) is 5.06. The standard InChI is InChI=1S/C15H22O2/c1-3-11-4-6-12(7-5-11)13-8-9-14(16)15(10-13)17-2/h8-12,16H,3-7H2,1-2H3. The van der Waals surface area contributed by atoms with E-state index in [0.29, 0.717) is 11.7 Å². The number of hydrogen-bond donors (Lipinski definition) is 1. The number of rotatable bonds is 3. The first-order valence-corrected chi connectivity index (χ1v) is 6.61. The third-order valence-corrected chi connectivity index (χ3v) is 4.10. The van der Waals surface area contributed by atoms with Crippen LogP contribution in [-0.4, -0.2) is 12.2 Å². The molecule has 2 rings (SSSR count). The van der Waals surface area contributed by atoms with Gasteiger partial charge in [-0.2, -0.15) is 0 Å². The Balaban J connectivity index is 2.08. The lowest BCUT2D eigenvalue weighted by Crippen LogP contribution is -2.12. The van der Waals surface area contributed by atoms with Gasteiger partial charge in [0, 0.05) is 0 Å². The fourth-order valence-electron chi connectivity index (χ4n) is 2.85. The second kappa shape index (κ2) is 5.44. The van der Waals surface area contributed by atoms with Gasteiger partial charge in [-0.1, -0.05) is 19.4 Å². The van der Waals surface area contributed by atoms with Crippen molar-refractivity contribution < 1.29 is 9.84 Å². The van der Waals surface area contributed by atoms with Gasteiger partial charge in [0.15, 0.2) is 11.5 Å². The molecule has 0 saturated heterocycles. The number of phenols is 1. The van der Waals surface area contributed by atoms with E-state index in [1.807, 2.05) is 12.1 Å². The third kappa shape index (κ3) is 2.74.